The van der Waals surface area contributed by atoms with Crippen molar-refractivity contribution in [2.75, 3.05) is 0 Å². The molecule has 0 N–H and O–H groups in total. The van der Waals surface area contributed by atoms with E-state index in [-0.39, 0.29) is 4.75 Å². The zero-order valence-electron chi connectivity index (χ0n) is 3.65. The lowest BCUT2D eigenvalue weighted by Crippen LogP contribution is -2.00. The van der Waals surface area contributed by atoms with Gasteiger partial charge in [-0.2, -0.15) is 0 Å². The van der Waals surface area contributed by atoms with E-state index in [2.05, 4.69) is 19.6 Å². The van der Waals surface area contributed by atoms with Crippen LogP contribution in [-0.2, 0) is 0 Å². The summed E-state index contributed by atoms with van der Waals surface area (Å²) in [6, 6.07) is 0. The van der Waals surface area contributed by atoms with E-state index in [1.54, 1.807) is 0 Å². The maximum atomic E-state index is 4.01. The zero-order chi connectivity index (χ0) is 4.50. The van der Waals surface area contributed by atoms with Crippen molar-refractivity contribution in [1.29, 1.82) is 0 Å². The third-order valence-electron chi connectivity index (χ3n) is 0. The van der Waals surface area contributed by atoms with E-state index in [9.17, 15) is 0 Å². The fourth-order valence-electron chi connectivity index (χ4n) is 0. The van der Waals surface area contributed by atoms with Gasteiger partial charge in [-0.3, -0.25) is 0 Å². The van der Waals surface area contributed by atoms with Gasteiger partial charge in [0.15, 0.2) is 0 Å². The van der Waals surface area contributed by atoms with Gasteiger partial charge in [-0.15, -0.1) is 12.6 Å². The summed E-state index contributed by atoms with van der Waals surface area (Å²) >= 11 is 4.01. The standard InChI is InChI=1S/C4H8S/c1-4(2,3)5/h1H2,2-3H3/p+1. The molecule has 0 nitrogen and oxygen atoms in total. The molecule has 0 bridgehead atoms. The molecule has 5 heavy (non-hydrogen) atoms. The molecule has 1 heteroatoms. The minimum absolute atomic E-state index is 0.0556. The Bertz CT molecular complexity index is 19.1. The first-order chi connectivity index (χ1) is 2.00. The summed E-state index contributed by atoms with van der Waals surface area (Å²) in [6.07, 6.45) is 0. The quantitative estimate of drug-likeness (QED) is 0.337. The maximum Gasteiger partial charge on any atom is 0.142 e. The Morgan fingerprint density at radius 1 is 1.60 bits per heavy atom. The summed E-state index contributed by atoms with van der Waals surface area (Å²) in [6.45, 7) is 7.52. The van der Waals surface area contributed by atoms with Crippen molar-refractivity contribution in [3.05, 3.63) is 6.92 Å². The normalized spacial score (nSPS) is 11.8. The molecule has 0 saturated heterocycles. The Hall–Kier alpha value is 0.220. The Balaban J connectivity index is 3.02. The SMILES string of the molecule is [CH2+]C(C)(C)S. The second-order valence-electron chi connectivity index (χ2n) is 1.81. The molecule has 0 amide bonds. The lowest BCUT2D eigenvalue weighted by molar-refractivity contribution is 0.905. The largest absolute Gasteiger partial charge is 0.142 e. The van der Waals surface area contributed by atoms with Crippen molar-refractivity contribution in [3.63, 3.8) is 0 Å². The molecule has 0 aromatic carbocycles. The molecule has 0 aliphatic heterocycles. The smallest absolute Gasteiger partial charge is 0.126 e. The second-order valence-corrected chi connectivity index (χ2v) is 3.02. The molecule has 0 aromatic rings. The van der Waals surface area contributed by atoms with Crippen LogP contribution in [0.25, 0.3) is 0 Å². The van der Waals surface area contributed by atoms with Crippen LogP contribution < -0.4 is 0 Å². The van der Waals surface area contributed by atoms with Crippen LogP contribution in [0, 0.1) is 6.92 Å². The summed E-state index contributed by atoms with van der Waals surface area (Å²) in [5, 5.41) is 0. The highest BCUT2D eigenvalue weighted by Gasteiger charge is 2.07. The van der Waals surface area contributed by atoms with Crippen molar-refractivity contribution in [3.8, 4) is 0 Å². The number of thiol groups is 1. The van der Waals surface area contributed by atoms with Gasteiger partial charge in [0.2, 0.25) is 0 Å². The molecule has 0 atom stereocenters. The molecule has 0 unspecified atom stereocenters. The van der Waals surface area contributed by atoms with Gasteiger partial charge >= 0.3 is 0 Å². The first-order valence-corrected chi connectivity index (χ1v) is 2.02. The maximum absolute atomic E-state index is 4.01. The van der Waals surface area contributed by atoms with Crippen LogP contribution in [0.3, 0.4) is 0 Å². The molecule has 30 valence electrons. The van der Waals surface area contributed by atoms with Gasteiger partial charge in [-0.25, -0.2) is 0 Å². The number of hydrogen-bond donors (Lipinski definition) is 1. The lowest BCUT2D eigenvalue weighted by atomic mass is 10.3. The molecule has 0 heterocycles. The third kappa shape index (κ3) is 430. The van der Waals surface area contributed by atoms with E-state index < -0.39 is 0 Å². The summed E-state index contributed by atoms with van der Waals surface area (Å²) in [5.41, 5.74) is 0. The molecule has 0 aliphatic rings. The van der Waals surface area contributed by atoms with Crippen LogP contribution in [-0.4, -0.2) is 4.75 Å². The van der Waals surface area contributed by atoms with E-state index in [1.807, 2.05) is 13.8 Å². The van der Waals surface area contributed by atoms with Crippen LogP contribution in [0.4, 0.5) is 0 Å². The van der Waals surface area contributed by atoms with E-state index >= 15 is 0 Å². The predicted octanol–water partition coefficient (Wildman–Crippen LogP) is 1.53. The van der Waals surface area contributed by atoms with E-state index in [1.165, 1.54) is 0 Å². The van der Waals surface area contributed by atoms with Gasteiger partial charge in [0.25, 0.3) is 0 Å². The van der Waals surface area contributed by atoms with Crippen molar-refractivity contribution in [2.45, 2.75) is 18.6 Å². The summed E-state index contributed by atoms with van der Waals surface area (Å²) in [7, 11) is 0. The third-order valence-corrected chi connectivity index (χ3v) is 0. The van der Waals surface area contributed by atoms with E-state index in [0.29, 0.717) is 0 Å². The van der Waals surface area contributed by atoms with Gasteiger partial charge in [0.1, 0.15) is 4.75 Å². The van der Waals surface area contributed by atoms with Crippen LogP contribution in [0.5, 0.6) is 0 Å². The van der Waals surface area contributed by atoms with Crippen molar-refractivity contribution in [2.24, 2.45) is 0 Å². The average Bonchev–Trinajstić information content (AvgIpc) is 0.722. The van der Waals surface area contributed by atoms with Gasteiger partial charge in [-0.05, 0) is 13.8 Å². The fourth-order valence-corrected chi connectivity index (χ4v) is 0. The molecule has 0 rings (SSSR count). The van der Waals surface area contributed by atoms with E-state index in [0.717, 1.165) is 0 Å². The van der Waals surface area contributed by atoms with Gasteiger partial charge in [0, 0.05) is 0 Å². The summed E-state index contributed by atoms with van der Waals surface area (Å²) in [5.74, 6) is 0. The number of rotatable bonds is 0. The molecular formula is C4H9S+. The highest BCUT2D eigenvalue weighted by atomic mass is 32.1. The molecule has 0 fully saturated rings. The molecule has 0 saturated carbocycles. The average molecular weight is 89.2 g/mol. The Kier molecular flexibility index (Phi) is 1.18. The minimum atomic E-state index is -0.0556. The Morgan fingerprint density at radius 2 is 1.60 bits per heavy atom. The van der Waals surface area contributed by atoms with Crippen molar-refractivity contribution >= 4 is 12.6 Å². The monoisotopic (exact) mass is 89.0 g/mol. The van der Waals surface area contributed by atoms with Crippen LogP contribution in [0.1, 0.15) is 13.8 Å². The molecular weight excluding hydrogens is 80.1 g/mol. The molecule has 0 aromatic heterocycles. The fraction of sp³-hybridized carbons (Fsp3) is 0.750. The first-order valence-electron chi connectivity index (χ1n) is 1.58. The minimum Gasteiger partial charge on any atom is -0.126 e. The molecule has 0 radical (unpaired) electrons. The summed E-state index contributed by atoms with van der Waals surface area (Å²) < 4.78 is -0.0556. The van der Waals surface area contributed by atoms with Crippen molar-refractivity contribution in [1.82, 2.24) is 0 Å². The van der Waals surface area contributed by atoms with Crippen molar-refractivity contribution < 1.29 is 0 Å². The van der Waals surface area contributed by atoms with E-state index in [4.69, 9.17) is 0 Å². The van der Waals surface area contributed by atoms with Crippen LogP contribution in [0.2, 0.25) is 0 Å². The topological polar surface area (TPSA) is 0 Å². The number of hydrogen-bond acceptors (Lipinski definition) is 1. The van der Waals surface area contributed by atoms with Gasteiger partial charge in [0.05, 0.1) is 6.92 Å². The first kappa shape index (κ1) is 5.22. The molecule has 0 aliphatic carbocycles. The Morgan fingerprint density at radius 3 is 1.60 bits per heavy atom. The highest BCUT2D eigenvalue weighted by molar-refractivity contribution is 7.81. The van der Waals surface area contributed by atoms with Crippen LogP contribution in [0.15, 0.2) is 0 Å². The zero-order valence-corrected chi connectivity index (χ0v) is 4.55. The predicted molar refractivity (Wildman–Crippen MR) is 28.4 cm³/mol. The highest BCUT2D eigenvalue weighted by Crippen LogP contribution is 2.06. The van der Waals surface area contributed by atoms with Gasteiger partial charge in [-0.1, -0.05) is 0 Å². The Labute approximate surface area is 39.0 Å². The second kappa shape index (κ2) is 1.13. The lowest BCUT2D eigenvalue weighted by Gasteiger charge is -1.94. The summed E-state index contributed by atoms with van der Waals surface area (Å²) in [4.78, 5) is 0. The molecule has 0 spiro atoms. The van der Waals surface area contributed by atoms with Gasteiger partial charge < -0.3 is 0 Å². The van der Waals surface area contributed by atoms with Crippen LogP contribution >= 0.6 is 12.6 Å².